The molecule has 0 bridgehead atoms. The number of alkyl halides is 3. The first kappa shape index (κ1) is 48.4. The Labute approximate surface area is 393 Å². The Hall–Kier alpha value is -4.60. The topological polar surface area (TPSA) is 0 Å². The van der Waals surface area contributed by atoms with Crippen molar-refractivity contribution in [3.05, 3.63) is 215 Å². The van der Waals surface area contributed by atoms with Crippen molar-refractivity contribution < 1.29 is 62.2 Å². The largest absolute Gasteiger partial charge is 1.00 e. The monoisotopic (exact) mass is 938 g/mol. The summed E-state index contributed by atoms with van der Waals surface area (Å²) in [4.78, 5) is 0. The fourth-order valence-corrected chi connectivity index (χ4v) is 8.81. The van der Waals surface area contributed by atoms with Gasteiger partial charge in [-0.15, -0.1) is 35.2 Å². The summed E-state index contributed by atoms with van der Waals surface area (Å²) in [7, 11) is 0. The summed E-state index contributed by atoms with van der Waals surface area (Å²) in [6.07, 6.45) is 6.63. The molecule has 0 fully saturated rings. The van der Waals surface area contributed by atoms with Gasteiger partial charge in [-0.3, -0.25) is 6.08 Å². The van der Waals surface area contributed by atoms with Gasteiger partial charge >= 0.3 is 141 Å². The van der Waals surface area contributed by atoms with Crippen molar-refractivity contribution in [2.45, 2.75) is 71.4 Å². The number of hydrogen-bond donors (Lipinski definition) is 0. The second-order valence-electron chi connectivity index (χ2n) is 17.4. The van der Waals surface area contributed by atoms with Gasteiger partial charge in [0.15, 0.2) is 0 Å². The van der Waals surface area contributed by atoms with Crippen molar-refractivity contribution in [3.63, 3.8) is 0 Å². The second kappa shape index (κ2) is 20.3. The van der Waals surface area contributed by atoms with E-state index in [0.29, 0.717) is 5.56 Å². The average Bonchev–Trinajstić information content (AvgIpc) is 3.94. The Morgan fingerprint density at radius 3 is 1.79 bits per heavy atom. The predicted molar refractivity (Wildman–Crippen MR) is 242 cm³/mol. The summed E-state index contributed by atoms with van der Waals surface area (Å²) in [5.74, 6) is 0. The Morgan fingerprint density at radius 2 is 1.19 bits per heavy atom. The molecule has 7 aromatic rings. The van der Waals surface area contributed by atoms with Crippen molar-refractivity contribution in [1.82, 2.24) is 0 Å². The number of halogens is 5. The van der Waals surface area contributed by atoms with Gasteiger partial charge in [0.2, 0.25) is 0 Å². The first-order valence-electron chi connectivity index (χ1n) is 20.4. The van der Waals surface area contributed by atoms with Crippen molar-refractivity contribution in [1.29, 1.82) is 0 Å². The molecule has 0 spiro atoms. The quantitative estimate of drug-likeness (QED) is 0.155. The van der Waals surface area contributed by atoms with Crippen LogP contribution >= 0.6 is 0 Å². The third-order valence-electron chi connectivity index (χ3n) is 10.9. The van der Waals surface area contributed by atoms with E-state index in [-0.39, 0.29) is 35.6 Å². The minimum Gasteiger partial charge on any atom is -1.00 e. The zero-order valence-electron chi connectivity index (χ0n) is 35.9. The van der Waals surface area contributed by atoms with Gasteiger partial charge in [0, 0.05) is 0 Å². The van der Waals surface area contributed by atoms with Crippen LogP contribution in [0, 0.1) is 12.1 Å². The van der Waals surface area contributed by atoms with E-state index in [2.05, 4.69) is 139 Å². The van der Waals surface area contributed by atoms with E-state index in [4.69, 9.17) is 0 Å². The van der Waals surface area contributed by atoms with Crippen LogP contribution < -0.4 is 24.8 Å². The second-order valence-corrected chi connectivity index (χ2v) is 18.6. The van der Waals surface area contributed by atoms with Crippen LogP contribution in [0.5, 0.6) is 0 Å². The van der Waals surface area contributed by atoms with Gasteiger partial charge in [-0.2, -0.15) is 6.08 Å². The molecule has 0 aliphatic heterocycles. The minimum atomic E-state index is -4.31. The third-order valence-corrected chi connectivity index (χ3v) is 12.3. The molecule has 0 saturated carbocycles. The molecule has 2 aliphatic carbocycles. The molecular weight excluding hydrogens is 892 g/mol. The molecular formula is C56H49Cl2F3Zr-2. The van der Waals surface area contributed by atoms with Gasteiger partial charge in [-0.25, -0.2) is 12.2 Å². The van der Waals surface area contributed by atoms with Gasteiger partial charge < -0.3 is 24.8 Å². The fraction of sp³-hybridized carbons (Fsp3) is 0.196. The van der Waals surface area contributed by atoms with E-state index in [9.17, 15) is 13.2 Å². The van der Waals surface area contributed by atoms with E-state index in [0.717, 1.165) is 62.7 Å². The Balaban J connectivity index is 0.000000216. The van der Waals surface area contributed by atoms with Crippen LogP contribution in [0.15, 0.2) is 164 Å². The minimum absolute atomic E-state index is 0. The van der Waals surface area contributed by atoms with Crippen molar-refractivity contribution >= 4 is 14.0 Å². The van der Waals surface area contributed by atoms with Crippen molar-refractivity contribution in [2.24, 2.45) is 0 Å². The normalized spacial score (nSPS) is 12.5. The Morgan fingerprint density at radius 1 is 0.597 bits per heavy atom. The van der Waals surface area contributed by atoms with Crippen molar-refractivity contribution in [2.75, 3.05) is 0 Å². The van der Waals surface area contributed by atoms with Crippen LogP contribution in [0.3, 0.4) is 0 Å². The van der Waals surface area contributed by atoms with Gasteiger partial charge in [-0.05, 0) is 39.5 Å². The first-order chi connectivity index (χ1) is 28.6. The van der Waals surface area contributed by atoms with Crippen LogP contribution in [0.2, 0.25) is 0 Å². The maximum absolute atomic E-state index is 12.9. The Bertz CT molecular complexity index is 2600. The SMILES string of the molecule is CC(C)(C)c1cc2c([c-]c1-c1ccccc1)Cc1cc(-c3ccccc3)c(C(C)(C)C)cc1-2.FC(F)(F)c1cccc([C](=[Zr+2])c2cccc3ccccc23)c1.[C-]1=CC=CC1.[Cl-].[Cl-]. The molecule has 0 amide bonds. The number of allylic oxidation sites excluding steroid dienone is 4. The zero-order valence-corrected chi connectivity index (χ0v) is 39.9. The predicted octanol–water partition coefficient (Wildman–Crippen LogP) is 9.27. The van der Waals surface area contributed by atoms with Gasteiger partial charge in [-0.1, -0.05) is 131 Å². The van der Waals surface area contributed by atoms with Crippen molar-refractivity contribution in [3.8, 4) is 33.4 Å². The van der Waals surface area contributed by atoms with Crippen LogP contribution in [0.25, 0.3) is 44.2 Å². The fourth-order valence-electron chi connectivity index (χ4n) is 7.89. The van der Waals surface area contributed by atoms with E-state index < -0.39 is 11.7 Å². The molecule has 0 atom stereocenters. The summed E-state index contributed by atoms with van der Waals surface area (Å²) in [6, 6.07) is 52.2. The number of fused-ring (bicyclic) bond motifs is 4. The van der Waals surface area contributed by atoms with Crippen LogP contribution in [0.4, 0.5) is 13.2 Å². The molecule has 0 radical (unpaired) electrons. The number of hydrogen-bond acceptors (Lipinski definition) is 0. The molecule has 7 aromatic carbocycles. The molecule has 0 heterocycles. The molecule has 6 heteroatoms. The summed E-state index contributed by atoms with van der Waals surface area (Å²) in [5, 5.41) is 2.15. The third kappa shape index (κ3) is 11.1. The molecule has 314 valence electrons. The molecule has 62 heavy (non-hydrogen) atoms. The number of benzene rings is 7. The van der Waals surface area contributed by atoms with Gasteiger partial charge in [0.25, 0.3) is 0 Å². The molecule has 0 unspecified atom stereocenters. The molecule has 0 nitrogen and oxygen atoms in total. The summed E-state index contributed by atoms with van der Waals surface area (Å²) in [6.45, 7) is 13.9. The maximum Gasteiger partial charge on any atom is -0.109 e. The van der Waals surface area contributed by atoms with E-state index in [1.54, 1.807) is 6.07 Å². The first-order valence-corrected chi connectivity index (χ1v) is 21.7. The summed E-state index contributed by atoms with van der Waals surface area (Å²) < 4.78 is 39.6. The number of rotatable bonds is 4. The Kier molecular flexibility index (Phi) is 15.8. The van der Waals surface area contributed by atoms with E-state index in [1.165, 1.54) is 67.8 Å². The summed E-state index contributed by atoms with van der Waals surface area (Å²) in [5.41, 5.74) is 14.5. The van der Waals surface area contributed by atoms with Crippen LogP contribution in [0.1, 0.15) is 86.9 Å². The van der Waals surface area contributed by atoms with Crippen LogP contribution in [-0.2, 0) is 47.7 Å². The van der Waals surface area contributed by atoms with Gasteiger partial charge in [0.1, 0.15) is 0 Å². The van der Waals surface area contributed by atoms with Gasteiger partial charge in [0.05, 0.1) is 0 Å². The molecule has 0 N–H and O–H groups in total. The molecule has 2 aliphatic rings. The molecule has 9 rings (SSSR count). The van der Waals surface area contributed by atoms with E-state index >= 15 is 0 Å². The smallest absolute Gasteiger partial charge is 0.109 e. The van der Waals surface area contributed by atoms with E-state index in [1.807, 2.05) is 54.6 Å². The molecule has 0 aromatic heterocycles. The maximum atomic E-state index is 12.9. The molecule has 0 saturated heterocycles. The standard InChI is InChI=1S/C33H33.C18H11F3.C5H5.2ClH.Zr/c1-32(2,3)30-20-26-24(18-28(30)22-13-9-7-10-14-22)17-25-19-29(23-15-11-8-12-16-23)31(21-27(25)26)33(4,5)6;19-18(20,21)16-9-3-5-13(12-16)11-15-8-4-7-14-6-1-2-10-17(14)15;1-2-4-5-3-1;;;/h7-16,18,20-21H,17H2,1-6H3;1-10,12H;1-3H,4H2;2*1H;/q-1;;-1;;;+2/p-2. The average molecular weight is 941 g/mol. The van der Waals surface area contributed by atoms with Crippen LogP contribution in [-0.4, -0.2) is 3.21 Å². The summed E-state index contributed by atoms with van der Waals surface area (Å²) >= 11 is 1.09. The zero-order chi connectivity index (χ0) is 42.7.